The lowest BCUT2D eigenvalue weighted by Crippen LogP contribution is -2.00. The second-order valence-corrected chi connectivity index (χ2v) is 7.74. The van der Waals surface area contributed by atoms with E-state index in [9.17, 15) is 8.42 Å². The van der Waals surface area contributed by atoms with E-state index in [1.165, 1.54) is 11.8 Å². The molecule has 0 fully saturated rings. The van der Waals surface area contributed by atoms with Gasteiger partial charge in [-0.2, -0.15) is 5.26 Å². The fourth-order valence-corrected chi connectivity index (χ4v) is 3.83. The lowest BCUT2D eigenvalue weighted by molar-refractivity contribution is 0.611. The molecule has 0 atom stereocenters. The predicted octanol–water partition coefficient (Wildman–Crippen LogP) is 2.77. The van der Waals surface area contributed by atoms with Crippen molar-refractivity contribution in [3.63, 3.8) is 0 Å². The van der Waals surface area contributed by atoms with Crippen LogP contribution in [-0.4, -0.2) is 24.9 Å². The van der Waals surface area contributed by atoms with Gasteiger partial charge in [-0.15, -0.1) is 11.8 Å². The first kappa shape index (κ1) is 14.1. The minimum Gasteiger partial charge on any atom is -0.241 e. The fourth-order valence-electron chi connectivity index (χ4n) is 1.56. The molecule has 0 saturated carbocycles. The van der Waals surface area contributed by atoms with Crippen molar-refractivity contribution in [2.75, 3.05) is 11.5 Å². The van der Waals surface area contributed by atoms with Crippen LogP contribution in [0.4, 0.5) is 0 Å². The maximum Gasteiger partial charge on any atom is 0.233 e. The van der Waals surface area contributed by atoms with Crippen molar-refractivity contribution >= 4 is 42.4 Å². The van der Waals surface area contributed by atoms with Crippen LogP contribution < -0.4 is 0 Å². The number of rotatable bonds is 4. The average molecular weight is 313 g/mol. The third kappa shape index (κ3) is 3.83. The van der Waals surface area contributed by atoms with E-state index in [2.05, 4.69) is 11.1 Å². The SMILES string of the molecule is N#Cc1cc(SCCS(=O)(=O)Cl)nc2ccccc12. The van der Waals surface area contributed by atoms with Crippen molar-refractivity contribution in [2.45, 2.75) is 5.03 Å². The minimum absolute atomic E-state index is 0.129. The van der Waals surface area contributed by atoms with Gasteiger partial charge in [0, 0.05) is 21.8 Å². The first-order valence-corrected chi connectivity index (χ1v) is 8.81. The van der Waals surface area contributed by atoms with Crippen LogP contribution in [0, 0.1) is 11.3 Å². The highest BCUT2D eigenvalue weighted by Crippen LogP contribution is 2.23. The number of aromatic nitrogens is 1. The molecule has 1 heterocycles. The minimum atomic E-state index is -3.49. The Balaban J connectivity index is 2.28. The molecule has 0 aliphatic carbocycles. The zero-order chi connectivity index (χ0) is 13.9. The van der Waals surface area contributed by atoms with Crippen LogP contribution >= 0.6 is 22.4 Å². The van der Waals surface area contributed by atoms with Gasteiger partial charge in [0.05, 0.1) is 27.9 Å². The van der Waals surface area contributed by atoms with Gasteiger partial charge in [-0.05, 0) is 12.1 Å². The van der Waals surface area contributed by atoms with Crippen LogP contribution in [0.2, 0.25) is 0 Å². The Morgan fingerprint density at radius 2 is 2.11 bits per heavy atom. The molecule has 0 aliphatic rings. The normalized spacial score (nSPS) is 11.4. The highest BCUT2D eigenvalue weighted by atomic mass is 35.7. The number of nitriles is 1. The molecule has 1 aromatic heterocycles. The van der Waals surface area contributed by atoms with Gasteiger partial charge in [-0.1, -0.05) is 18.2 Å². The molecule has 0 unspecified atom stereocenters. The standard InChI is InChI=1S/C12H9ClN2O2S2/c13-19(16,17)6-5-18-12-7-9(8-14)10-3-1-2-4-11(10)15-12/h1-4,7H,5-6H2. The molecule has 0 radical (unpaired) electrons. The van der Waals surface area contributed by atoms with Crippen molar-refractivity contribution in [1.29, 1.82) is 5.26 Å². The van der Waals surface area contributed by atoms with Crippen molar-refractivity contribution in [3.05, 3.63) is 35.9 Å². The third-order valence-corrected chi connectivity index (χ3v) is 4.72. The first-order chi connectivity index (χ1) is 8.99. The number of hydrogen-bond acceptors (Lipinski definition) is 5. The number of thioether (sulfide) groups is 1. The number of nitrogens with zero attached hydrogens (tertiary/aromatic N) is 2. The van der Waals surface area contributed by atoms with Crippen LogP contribution in [0.1, 0.15) is 5.56 Å². The van der Waals surface area contributed by atoms with Crippen molar-refractivity contribution in [2.24, 2.45) is 0 Å². The lowest BCUT2D eigenvalue weighted by Gasteiger charge is -2.04. The predicted molar refractivity (Wildman–Crippen MR) is 76.8 cm³/mol. The lowest BCUT2D eigenvalue weighted by atomic mass is 10.1. The van der Waals surface area contributed by atoms with Crippen LogP contribution in [0.25, 0.3) is 10.9 Å². The van der Waals surface area contributed by atoms with Gasteiger partial charge in [-0.3, -0.25) is 0 Å². The van der Waals surface area contributed by atoms with Crippen molar-refractivity contribution in [3.8, 4) is 6.07 Å². The number of halogens is 1. The fraction of sp³-hybridized carbons (Fsp3) is 0.167. The summed E-state index contributed by atoms with van der Waals surface area (Å²) in [6.45, 7) is 0. The van der Waals surface area contributed by atoms with E-state index in [0.29, 0.717) is 16.3 Å². The molecule has 19 heavy (non-hydrogen) atoms. The average Bonchev–Trinajstić information content (AvgIpc) is 2.36. The summed E-state index contributed by atoms with van der Waals surface area (Å²) in [5.41, 5.74) is 1.25. The molecule has 2 rings (SSSR count). The van der Waals surface area contributed by atoms with E-state index >= 15 is 0 Å². The second-order valence-electron chi connectivity index (χ2n) is 3.73. The molecule has 7 heteroatoms. The molecule has 2 aromatic rings. The number of fused-ring (bicyclic) bond motifs is 1. The molecule has 4 nitrogen and oxygen atoms in total. The summed E-state index contributed by atoms with van der Waals surface area (Å²) in [7, 11) is 1.65. The number of para-hydroxylation sites is 1. The Hall–Kier alpha value is -1.29. The molecular weight excluding hydrogens is 304 g/mol. The Kier molecular flexibility index (Phi) is 4.30. The van der Waals surface area contributed by atoms with Gasteiger partial charge in [0.25, 0.3) is 0 Å². The largest absolute Gasteiger partial charge is 0.241 e. The maximum absolute atomic E-state index is 10.8. The van der Waals surface area contributed by atoms with Gasteiger partial charge in [0.15, 0.2) is 0 Å². The zero-order valence-electron chi connectivity index (χ0n) is 9.71. The van der Waals surface area contributed by atoms with Gasteiger partial charge in [0.1, 0.15) is 0 Å². The van der Waals surface area contributed by atoms with E-state index in [-0.39, 0.29) is 5.75 Å². The Bertz CT molecular complexity index is 754. The van der Waals surface area contributed by atoms with E-state index in [0.717, 1.165) is 10.9 Å². The quantitative estimate of drug-likeness (QED) is 0.641. The molecular formula is C12H9ClN2O2S2. The molecule has 0 saturated heterocycles. The molecule has 0 amide bonds. The molecule has 98 valence electrons. The monoisotopic (exact) mass is 312 g/mol. The van der Waals surface area contributed by atoms with Gasteiger partial charge in [-0.25, -0.2) is 13.4 Å². The highest BCUT2D eigenvalue weighted by molar-refractivity contribution is 8.14. The van der Waals surface area contributed by atoms with Crippen LogP contribution in [0.15, 0.2) is 35.4 Å². The number of hydrogen-bond donors (Lipinski definition) is 0. The maximum atomic E-state index is 10.8. The summed E-state index contributed by atoms with van der Waals surface area (Å²) in [4.78, 5) is 4.38. The Morgan fingerprint density at radius 1 is 1.37 bits per heavy atom. The van der Waals surface area contributed by atoms with E-state index in [1.54, 1.807) is 6.07 Å². The number of benzene rings is 1. The van der Waals surface area contributed by atoms with Crippen molar-refractivity contribution in [1.82, 2.24) is 4.98 Å². The molecule has 0 aliphatic heterocycles. The zero-order valence-corrected chi connectivity index (χ0v) is 12.1. The highest BCUT2D eigenvalue weighted by Gasteiger charge is 2.08. The topological polar surface area (TPSA) is 70.8 Å². The summed E-state index contributed by atoms with van der Waals surface area (Å²) in [6, 6.07) is 11.1. The Morgan fingerprint density at radius 3 is 2.79 bits per heavy atom. The molecule has 0 bridgehead atoms. The van der Waals surface area contributed by atoms with E-state index in [1.807, 2.05) is 24.3 Å². The van der Waals surface area contributed by atoms with Crippen molar-refractivity contribution < 1.29 is 8.42 Å². The molecule has 1 aromatic carbocycles. The Labute approximate surface area is 119 Å². The summed E-state index contributed by atoms with van der Waals surface area (Å²) < 4.78 is 21.7. The first-order valence-electron chi connectivity index (χ1n) is 5.34. The summed E-state index contributed by atoms with van der Waals surface area (Å²) in [5.74, 6) is 0.178. The molecule has 0 spiro atoms. The summed E-state index contributed by atoms with van der Waals surface area (Å²) >= 11 is 1.27. The number of pyridine rings is 1. The van der Waals surface area contributed by atoms with E-state index in [4.69, 9.17) is 15.9 Å². The van der Waals surface area contributed by atoms with Gasteiger partial charge >= 0.3 is 0 Å². The summed E-state index contributed by atoms with van der Waals surface area (Å²) in [6.07, 6.45) is 0. The van der Waals surface area contributed by atoms with Crippen LogP contribution in [-0.2, 0) is 9.05 Å². The van der Waals surface area contributed by atoms with E-state index < -0.39 is 9.05 Å². The third-order valence-electron chi connectivity index (χ3n) is 2.39. The van der Waals surface area contributed by atoms with Crippen LogP contribution in [0.3, 0.4) is 0 Å². The summed E-state index contributed by atoms with van der Waals surface area (Å²) in [5, 5.41) is 10.5. The van der Waals surface area contributed by atoms with Gasteiger partial charge < -0.3 is 0 Å². The smallest absolute Gasteiger partial charge is 0.233 e. The van der Waals surface area contributed by atoms with Gasteiger partial charge in [0.2, 0.25) is 9.05 Å². The second kappa shape index (κ2) is 5.78. The van der Waals surface area contributed by atoms with Crippen LogP contribution in [0.5, 0.6) is 0 Å². The molecule has 0 N–H and O–H groups in total.